The SMILES string of the molecule is COC(C(=O)Nc1ccc(Cn2ccnc2C)cc1)c1ccccc1. The highest BCUT2D eigenvalue weighted by Crippen LogP contribution is 2.19. The second-order valence-electron chi connectivity index (χ2n) is 5.81. The molecule has 3 rings (SSSR count). The van der Waals surface area contributed by atoms with Crippen LogP contribution in [0.5, 0.6) is 0 Å². The summed E-state index contributed by atoms with van der Waals surface area (Å²) in [6.07, 6.45) is 3.11. The van der Waals surface area contributed by atoms with E-state index in [1.807, 2.05) is 67.7 Å². The highest BCUT2D eigenvalue weighted by atomic mass is 16.5. The molecule has 0 spiro atoms. The number of imidazole rings is 1. The molecular weight excluding hydrogens is 314 g/mol. The van der Waals surface area contributed by atoms with Crippen LogP contribution in [0.4, 0.5) is 5.69 Å². The molecular formula is C20H21N3O2. The molecule has 0 saturated carbocycles. The first-order valence-electron chi connectivity index (χ1n) is 8.12. The van der Waals surface area contributed by atoms with E-state index in [1.54, 1.807) is 6.20 Å². The molecule has 1 N–H and O–H groups in total. The van der Waals surface area contributed by atoms with Crippen LogP contribution in [0.2, 0.25) is 0 Å². The van der Waals surface area contributed by atoms with Crippen molar-refractivity contribution in [3.05, 3.63) is 83.9 Å². The van der Waals surface area contributed by atoms with E-state index in [2.05, 4.69) is 14.9 Å². The molecule has 2 aromatic carbocycles. The molecule has 0 radical (unpaired) electrons. The van der Waals surface area contributed by atoms with E-state index in [1.165, 1.54) is 7.11 Å². The van der Waals surface area contributed by atoms with Crippen molar-refractivity contribution in [3.8, 4) is 0 Å². The number of anilines is 1. The van der Waals surface area contributed by atoms with Crippen LogP contribution in [0.15, 0.2) is 67.0 Å². The Morgan fingerprint density at radius 1 is 1.16 bits per heavy atom. The molecule has 128 valence electrons. The molecule has 1 unspecified atom stereocenters. The Hall–Kier alpha value is -2.92. The Labute approximate surface area is 147 Å². The van der Waals surface area contributed by atoms with Crippen molar-refractivity contribution < 1.29 is 9.53 Å². The minimum absolute atomic E-state index is 0.188. The van der Waals surface area contributed by atoms with Crippen LogP contribution < -0.4 is 5.32 Å². The maximum absolute atomic E-state index is 12.5. The van der Waals surface area contributed by atoms with Crippen LogP contribution in [-0.2, 0) is 16.1 Å². The van der Waals surface area contributed by atoms with Crippen LogP contribution in [0, 0.1) is 6.92 Å². The molecule has 1 amide bonds. The molecule has 25 heavy (non-hydrogen) atoms. The summed E-state index contributed by atoms with van der Waals surface area (Å²) in [6, 6.07) is 17.2. The zero-order valence-corrected chi connectivity index (χ0v) is 14.3. The van der Waals surface area contributed by atoms with Gasteiger partial charge >= 0.3 is 0 Å². The summed E-state index contributed by atoms with van der Waals surface area (Å²) in [5.41, 5.74) is 2.72. The smallest absolute Gasteiger partial charge is 0.258 e. The predicted molar refractivity (Wildman–Crippen MR) is 97.3 cm³/mol. The Bertz CT molecular complexity index is 826. The van der Waals surface area contributed by atoms with E-state index in [0.29, 0.717) is 0 Å². The monoisotopic (exact) mass is 335 g/mol. The molecule has 0 aliphatic heterocycles. The van der Waals surface area contributed by atoms with E-state index in [-0.39, 0.29) is 5.91 Å². The minimum Gasteiger partial charge on any atom is -0.367 e. The summed E-state index contributed by atoms with van der Waals surface area (Å²) in [7, 11) is 1.54. The molecule has 1 aromatic heterocycles. The molecule has 0 aliphatic rings. The highest BCUT2D eigenvalue weighted by molar-refractivity contribution is 5.94. The van der Waals surface area contributed by atoms with Gasteiger partial charge in [-0.2, -0.15) is 0 Å². The second kappa shape index (κ2) is 7.77. The quantitative estimate of drug-likeness (QED) is 0.749. The van der Waals surface area contributed by atoms with Gasteiger partial charge in [0.25, 0.3) is 5.91 Å². The zero-order chi connectivity index (χ0) is 17.6. The van der Waals surface area contributed by atoms with Crippen molar-refractivity contribution in [1.82, 2.24) is 9.55 Å². The molecule has 3 aromatic rings. The van der Waals surface area contributed by atoms with E-state index in [0.717, 1.165) is 29.2 Å². The van der Waals surface area contributed by atoms with Crippen molar-refractivity contribution >= 4 is 11.6 Å². The van der Waals surface area contributed by atoms with Crippen molar-refractivity contribution in [2.24, 2.45) is 0 Å². The molecule has 5 nitrogen and oxygen atoms in total. The summed E-state index contributed by atoms with van der Waals surface area (Å²) in [6.45, 7) is 2.73. The van der Waals surface area contributed by atoms with E-state index in [4.69, 9.17) is 4.74 Å². The van der Waals surface area contributed by atoms with Crippen molar-refractivity contribution in [2.45, 2.75) is 19.6 Å². The number of aryl methyl sites for hydroxylation is 1. The first-order valence-corrected chi connectivity index (χ1v) is 8.12. The first-order chi connectivity index (χ1) is 12.2. The number of carbonyl (C=O) groups is 1. The summed E-state index contributed by atoms with van der Waals surface area (Å²) in [5, 5.41) is 2.91. The number of nitrogens with one attached hydrogen (secondary N) is 1. The molecule has 1 heterocycles. The van der Waals surface area contributed by atoms with Crippen LogP contribution >= 0.6 is 0 Å². The maximum atomic E-state index is 12.5. The van der Waals surface area contributed by atoms with Gasteiger partial charge in [0.2, 0.25) is 0 Å². The van der Waals surface area contributed by atoms with Gasteiger partial charge in [0.05, 0.1) is 0 Å². The molecule has 0 aliphatic carbocycles. The van der Waals surface area contributed by atoms with E-state index < -0.39 is 6.10 Å². The lowest BCUT2D eigenvalue weighted by molar-refractivity contribution is -0.126. The molecule has 1 atom stereocenters. The first kappa shape index (κ1) is 16.9. The topological polar surface area (TPSA) is 56.1 Å². The fraction of sp³-hybridized carbons (Fsp3) is 0.200. The standard InChI is InChI=1S/C20H21N3O2/c1-15-21-12-13-23(15)14-16-8-10-18(11-9-16)22-20(24)19(25-2)17-6-4-3-5-7-17/h3-13,19H,14H2,1-2H3,(H,22,24). The van der Waals surface area contributed by atoms with Gasteiger partial charge in [-0.3, -0.25) is 4.79 Å². The average Bonchev–Trinajstić information content (AvgIpc) is 3.03. The lowest BCUT2D eigenvalue weighted by atomic mass is 10.1. The number of carbonyl (C=O) groups excluding carboxylic acids is 1. The Balaban J connectivity index is 1.66. The highest BCUT2D eigenvalue weighted by Gasteiger charge is 2.19. The van der Waals surface area contributed by atoms with Gasteiger partial charge in [-0.15, -0.1) is 0 Å². The van der Waals surface area contributed by atoms with Gasteiger partial charge in [-0.1, -0.05) is 42.5 Å². The van der Waals surface area contributed by atoms with Gasteiger partial charge in [0.1, 0.15) is 5.82 Å². The van der Waals surface area contributed by atoms with E-state index >= 15 is 0 Å². The number of benzene rings is 2. The fourth-order valence-corrected chi connectivity index (χ4v) is 2.69. The number of nitrogens with zero attached hydrogens (tertiary/aromatic N) is 2. The number of aromatic nitrogens is 2. The summed E-state index contributed by atoms with van der Waals surface area (Å²) in [4.78, 5) is 16.7. The lowest BCUT2D eigenvalue weighted by Crippen LogP contribution is -2.22. The van der Waals surface area contributed by atoms with Crippen LogP contribution in [-0.4, -0.2) is 22.6 Å². The molecule has 0 saturated heterocycles. The number of amides is 1. The molecule has 0 fully saturated rings. The Morgan fingerprint density at radius 2 is 1.88 bits per heavy atom. The van der Waals surface area contributed by atoms with Gasteiger partial charge in [0, 0.05) is 31.7 Å². The Kier molecular flexibility index (Phi) is 5.26. The van der Waals surface area contributed by atoms with Crippen molar-refractivity contribution in [2.75, 3.05) is 12.4 Å². The van der Waals surface area contributed by atoms with Gasteiger partial charge < -0.3 is 14.6 Å². The number of rotatable bonds is 6. The summed E-state index contributed by atoms with van der Waals surface area (Å²) >= 11 is 0. The normalized spacial score (nSPS) is 11.9. The second-order valence-corrected chi connectivity index (χ2v) is 5.81. The van der Waals surface area contributed by atoms with E-state index in [9.17, 15) is 4.79 Å². The summed E-state index contributed by atoms with van der Waals surface area (Å²) < 4.78 is 7.43. The largest absolute Gasteiger partial charge is 0.367 e. The van der Waals surface area contributed by atoms with Crippen molar-refractivity contribution in [3.63, 3.8) is 0 Å². The minimum atomic E-state index is -0.630. The molecule has 0 bridgehead atoms. The van der Waals surface area contributed by atoms with Gasteiger partial charge in [0.15, 0.2) is 6.10 Å². The molecule has 5 heteroatoms. The number of hydrogen-bond donors (Lipinski definition) is 1. The van der Waals surface area contributed by atoms with Crippen LogP contribution in [0.3, 0.4) is 0 Å². The number of methoxy groups -OCH3 is 1. The number of hydrogen-bond acceptors (Lipinski definition) is 3. The van der Waals surface area contributed by atoms with Gasteiger partial charge in [-0.05, 0) is 30.2 Å². The number of ether oxygens (including phenoxy) is 1. The average molecular weight is 335 g/mol. The zero-order valence-electron chi connectivity index (χ0n) is 14.3. The van der Waals surface area contributed by atoms with Crippen LogP contribution in [0.25, 0.3) is 0 Å². The Morgan fingerprint density at radius 3 is 2.48 bits per heavy atom. The fourth-order valence-electron chi connectivity index (χ4n) is 2.69. The maximum Gasteiger partial charge on any atom is 0.258 e. The summed E-state index contributed by atoms with van der Waals surface area (Å²) in [5.74, 6) is 0.787. The third-order valence-electron chi connectivity index (χ3n) is 4.07. The third-order valence-corrected chi connectivity index (χ3v) is 4.07. The predicted octanol–water partition coefficient (Wildman–Crippen LogP) is 3.57. The van der Waals surface area contributed by atoms with Crippen molar-refractivity contribution in [1.29, 1.82) is 0 Å². The van der Waals surface area contributed by atoms with Gasteiger partial charge in [-0.25, -0.2) is 4.98 Å². The third kappa shape index (κ3) is 4.14. The van der Waals surface area contributed by atoms with Crippen LogP contribution in [0.1, 0.15) is 23.1 Å². The lowest BCUT2D eigenvalue weighted by Gasteiger charge is -2.16.